The van der Waals surface area contributed by atoms with Crippen molar-refractivity contribution >= 4 is 29.7 Å². The number of amides is 1. The molecule has 0 aliphatic carbocycles. The Morgan fingerprint density at radius 3 is 2.59 bits per heavy atom. The average Bonchev–Trinajstić information content (AvgIpc) is 2.92. The zero-order valence-electron chi connectivity index (χ0n) is 13.3. The molecule has 1 N–H and O–H groups in total. The number of hydrogen-bond donors (Lipinski definition) is 1. The summed E-state index contributed by atoms with van der Waals surface area (Å²) in [7, 11) is 0. The molecule has 0 aromatic carbocycles. The SMILES string of the molecule is Cc1ncsc1CCC(=O)N1CCC2(CCNCC2)CC1.Cl. The summed E-state index contributed by atoms with van der Waals surface area (Å²) in [5.74, 6) is 0.326. The van der Waals surface area contributed by atoms with E-state index in [0.717, 1.165) is 38.3 Å². The fraction of sp³-hybridized carbons (Fsp3) is 0.750. The van der Waals surface area contributed by atoms with Crippen LogP contribution in [0.5, 0.6) is 0 Å². The second kappa shape index (κ2) is 7.75. The molecule has 124 valence electrons. The van der Waals surface area contributed by atoms with Crippen molar-refractivity contribution in [3.8, 4) is 0 Å². The van der Waals surface area contributed by atoms with Crippen LogP contribution in [-0.2, 0) is 11.2 Å². The molecule has 0 saturated carbocycles. The van der Waals surface area contributed by atoms with Gasteiger partial charge in [0.2, 0.25) is 5.91 Å². The Kier molecular flexibility index (Phi) is 6.24. The van der Waals surface area contributed by atoms with E-state index in [-0.39, 0.29) is 12.4 Å². The van der Waals surface area contributed by atoms with Gasteiger partial charge in [-0.1, -0.05) is 0 Å². The molecule has 1 amide bonds. The molecule has 3 heterocycles. The first kappa shape index (κ1) is 17.7. The maximum Gasteiger partial charge on any atom is 0.222 e. The molecular weight excluding hydrogens is 318 g/mol. The molecule has 0 atom stereocenters. The van der Waals surface area contributed by atoms with E-state index in [1.807, 2.05) is 12.4 Å². The number of rotatable bonds is 3. The van der Waals surface area contributed by atoms with Gasteiger partial charge in [0.05, 0.1) is 11.2 Å². The predicted molar refractivity (Wildman–Crippen MR) is 92.8 cm³/mol. The number of aryl methyl sites for hydroxylation is 2. The Labute approximate surface area is 143 Å². The number of hydrogen-bond acceptors (Lipinski definition) is 4. The minimum absolute atomic E-state index is 0. The van der Waals surface area contributed by atoms with Crippen molar-refractivity contribution in [2.75, 3.05) is 26.2 Å². The van der Waals surface area contributed by atoms with Crippen LogP contribution in [0.1, 0.15) is 42.7 Å². The summed E-state index contributed by atoms with van der Waals surface area (Å²) < 4.78 is 0. The van der Waals surface area contributed by atoms with Gasteiger partial charge in [-0.25, -0.2) is 4.98 Å². The first-order valence-corrected chi connectivity index (χ1v) is 8.94. The zero-order chi connectivity index (χ0) is 14.7. The van der Waals surface area contributed by atoms with Crippen molar-refractivity contribution < 1.29 is 4.79 Å². The molecule has 1 aromatic rings. The summed E-state index contributed by atoms with van der Waals surface area (Å²) in [5.41, 5.74) is 3.48. The molecular formula is C16H26ClN3OS. The molecule has 1 aromatic heterocycles. The lowest BCUT2D eigenvalue weighted by atomic mass is 9.71. The Morgan fingerprint density at radius 1 is 1.32 bits per heavy atom. The molecule has 2 aliphatic rings. The van der Waals surface area contributed by atoms with Crippen LogP contribution in [0.4, 0.5) is 0 Å². The zero-order valence-corrected chi connectivity index (χ0v) is 14.9. The number of nitrogens with zero attached hydrogens (tertiary/aromatic N) is 2. The predicted octanol–water partition coefficient (Wildman–Crippen LogP) is 2.80. The minimum atomic E-state index is 0. The Hall–Kier alpha value is -0.650. The van der Waals surface area contributed by atoms with Gasteiger partial charge < -0.3 is 10.2 Å². The lowest BCUT2D eigenvalue weighted by Crippen LogP contribution is -2.47. The average molecular weight is 344 g/mol. The molecule has 2 fully saturated rings. The van der Waals surface area contributed by atoms with E-state index in [9.17, 15) is 4.79 Å². The number of thiazole rings is 1. The third-order valence-electron chi connectivity index (χ3n) is 5.25. The van der Waals surface area contributed by atoms with Crippen molar-refractivity contribution in [2.45, 2.75) is 45.4 Å². The fourth-order valence-corrected chi connectivity index (χ4v) is 4.41. The highest BCUT2D eigenvalue weighted by atomic mass is 35.5. The van der Waals surface area contributed by atoms with E-state index < -0.39 is 0 Å². The van der Waals surface area contributed by atoms with Crippen LogP contribution in [0.2, 0.25) is 0 Å². The number of carbonyl (C=O) groups is 1. The second-order valence-corrected chi connectivity index (χ2v) is 7.43. The number of carbonyl (C=O) groups excluding carboxylic acids is 1. The van der Waals surface area contributed by atoms with E-state index in [2.05, 4.69) is 15.2 Å². The standard InChI is InChI=1S/C16H25N3OS.ClH/c1-13-14(21-12-18-13)2-3-15(20)19-10-6-16(7-11-19)4-8-17-9-5-16;/h12,17H,2-11H2,1H3;1H. The summed E-state index contributed by atoms with van der Waals surface area (Å²) >= 11 is 1.67. The van der Waals surface area contributed by atoms with Crippen LogP contribution in [0.15, 0.2) is 5.51 Å². The molecule has 2 saturated heterocycles. The van der Waals surface area contributed by atoms with E-state index >= 15 is 0 Å². The van der Waals surface area contributed by atoms with Gasteiger partial charge in [0.15, 0.2) is 0 Å². The van der Waals surface area contributed by atoms with Gasteiger partial charge in [0.25, 0.3) is 0 Å². The Bertz CT molecular complexity index is 489. The Balaban J connectivity index is 0.00000176. The van der Waals surface area contributed by atoms with Gasteiger partial charge in [-0.05, 0) is 57.5 Å². The number of nitrogens with one attached hydrogen (secondary N) is 1. The number of aromatic nitrogens is 1. The monoisotopic (exact) mass is 343 g/mol. The van der Waals surface area contributed by atoms with Gasteiger partial charge in [0.1, 0.15) is 0 Å². The number of piperidine rings is 2. The second-order valence-electron chi connectivity index (χ2n) is 6.49. The molecule has 3 rings (SSSR count). The van der Waals surface area contributed by atoms with Crippen molar-refractivity contribution in [3.63, 3.8) is 0 Å². The van der Waals surface area contributed by atoms with Crippen LogP contribution >= 0.6 is 23.7 Å². The molecule has 6 heteroatoms. The van der Waals surface area contributed by atoms with Crippen molar-refractivity contribution in [1.82, 2.24) is 15.2 Å². The van der Waals surface area contributed by atoms with Gasteiger partial charge >= 0.3 is 0 Å². The lowest BCUT2D eigenvalue weighted by molar-refractivity contribution is -0.133. The largest absolute Gasteiger partial charge is 0.343 e. The molecule has 2 aliphatic heterocycles. The highest BCUT2D eigenvalue weighted by Crippen LogP contribution is 2.39. The van der Waals surface area contributed by atoms with Gasteiger partial charge in [0, 0.05) is 24.4 Å². The molecule has 0 bridgehead atoms. The maximum atomic E-state index is 12.4. The highest BCUT2D eigenvalue weighted by molar-refractivity contribution is 7.09. The minimum Gasteiger partial charge on any atom is -0.343 e. The molecule has 0 unspecified atom stereocenters. The van der Waals surface area contributed by atoms with Crippen molar-refractivity contribution in [3.05, 3.63) is 16.1 Å². The summed E-state index contributed by atoms with van der Waals surface area (Å²) in [4.78, 5) is 20.0. The Morgan fingerprint density at radius 2 is 2.00 bits per heavy atom. The molecule has 0 radical (unpaired) electrons. The molecule has 1 spiro atoms. The maximum absolute atomic E-state index is 12.4. The quantitative estimate of drug-likeness (QED) is 0.917. The first-order chi connectivity index (χ1) is 10.2. The molecule has 22 heavy (non-hydrogen) atoms. The van der Waals surface area contributed by atoms with Crippen LogP contribution < -0.4 is 5.32 Å². The van der Waals surface area contributed by atoms with Crippen LogP contribution in [-0.4, -0.2) is 42.0 Å². The molecule has 4 nitrogen and oxygen atoms in total. The van der Waals surface area contributed by atoms with E-state index in [1.165, 1.54) is 30.6 Å². The van der Waals surface area contributed by atoms with E-state index in [1.54, 1.807) is 11.3 Å². The number of halogens is 1. The van der Waals surface area contributed by atoms with Crippen molar-refractivity contribution in [1.29, 1.82) is 0 Å². The third kappa shape index (κ3) is 4.00. The normalized spacial score (nSPS) is 20.7. The van der Waals surface area contributed by atoms with Crippen molar-refractivity contribution in [2.24, 2.45) is 5.41 Å². The first-order valence-electron chi connectivity index (χ1n) is 8.06. The van der Waals surface area contributed by atoms with E-state index in [0.29, 0.717) is 17.7 Å². The number of likely N-dealkylation sites (tertiary alicyclic amines) is 1. The summed E-state index contributed by atoms with van der Waals surface area (Å²) in [6.07, 6.45) is 6.45. The van der Waals surface area contributed by atoms with Gasteiger partial charge in [-0.15, -0.1) is 23.7 Å². The summed E-state index contributed by atoms with van der Waals surface area (Å²) in [5, 5.41) is 3.45. The van der Waals surface area contributed by atoms with Gasteiger partial charge in [-0.2, -0.15) is 0 Å². The smallest absolute Gasteiger partial charge is 0.222 e. The van der Waals surface area contributed by atoms with Crippen LogP contribution in [0.3, 0.4) is 0 Å². The topological polar surface area (TPSA) is 45.2 Å². The van der Waals surface area contributed by atoms with Crippen LogP contribution in [0.25, 0.3) is 0 Å². The third-order valence-corrected chi connectivity index (χ3v) is 6.25. The fourth-order valence-electron chi connectivity index (χ4n) is 3.63. The van der Waals surface area contributed by atoms with Crippen LogP contribution in [0, 0.1) is 12.3 Å². The highest BCUT2D eigenvalue weighted by Gasteiger charge is 2.36. The summed E-state index contributed by atoms with van der Waals surface area (Å²) in [6.45, 7) is 6.25. The van der Waals surface area contributed by atoms with Gasteiger partial charge in [-0.3, -0.25) is 4.79 Å². The lowest BCUT2D eigenvalue weighted by Gasteiger charge is -2.44. The van der Waals surface area contributed by atoms with E-state index in [4.69, 9.17) is 0 Å². The summed E-state index contributed by atoms with van der Waals surface area (Å²) in [6, 6.07) is 0.